The van der Waals surface area contributed by atoms with Crippen LogP contribution in [0, 0.1) is 0 Å². The minimum Gasteiger partial charge on any atom is -0.443 e. The number of nitrogens with zero attached hydrogens (tertiary/aromatic N) is 2. The van der Waals surface area contributed by atoms with E-state index >= 15 is 0 Å². The van der Waals surface area contributed by atoms with Crippen molar-refractivity contribution in [2.45, 2.75) is 57.8 Å². The lowest BCUT2D eigenvalue weighted by molar-refractivity contribution is -0.171. The largest absolute Gasteiger partial charge is 0.457 e. The fraction of sp³-hybridized carbons (Fsp3) is 0.357. The van der Waals surface area contributed by atoms with Crippen molar-refractivity contribution in [2.24, 2.45) is 0 Å². The Morgan fingerprint density at radius 1 is 0.974 bits per heavy atom. The second kappa shape index (κ2) is 12.9. The number of carbonyl (C=O) groups is 1. The Morgan fingerprint density at radius 3 is 2.21 bits per heavy atom. The van der Waals surface area contributed by atoms with E-state index in [2.05, 4.69) is 10.4 Å². The lowest BCUT2D eigenvalue weighted by Crippen LogP contribution is -2.55. The van der Waals surface area contributed by atoms with Crippen molar-refractivity contribution in [1.29, 1.82) is 0 Å². The maximum absolute atomic E-state index is 13.3. The van der Waals surface area contributed by atoms with Crippen LogP contribution in [0.2, 0.25) is 0 Å². The van der Waals surface area contributed by atoms with Crippen LogP contribution < -0.4 is 10.7 Å². The first-order valence-corrected chi connectivity index (χ1v) is 12.2. The zero-order chi connectivity index (χ0) is 27.8. The number of aliphatic hydroxyl groups is 1. The minimum atomic E-state index is -4.70. The van der Waals surface area contributed by atoms with Gasteiger partial charge in [-0.05, 0) is 50.5 Å². The molecular formula is C28H33F3N4O3. The van der Waals surface area contributed by atoms with Crippen molar-refractivity contribution in [3.63, 3.8) is 0 Å². The summed E-state index contributed by atoms with van der Waals surface area (Å²) in [5.74, 6) is 0. The predicted octanol–water partition coefficient (Wildman–Crippen LogP) is 5.07. The third kappa shape index (κ3) is 10.1. The fourth-order valence-electron chi connectivity index (χ4n) is 3.83. The fourth-order valence-corrected chi connectivity index (χ4v) is 3.83. The molecule has 0 fully saturated rings. The Morgan fingerprint density at radius 2 is 1.63 bits per heavy atom. The van der Waals surface area contributed by atoms with Crippen molar-refractivity contribution in [2.75, 3.05) is 6.54 Å². The van der Waals surface area contributed by atoms with Gasteiger partial charge >= 0.3 is 12.4 Å². The lowest BCUT2D eigenvalue weighted by atomic mass is 10.0. The molecule has 3 N–H and O–H groups in total. The number of hydrogen-bond acceptors (Lipinski definition) is 6. The van der Waals surface area contributed by atoms with Crippen molar-refractivity contribution >= 4 is 6.09 Å². The molecule has 0 radical (unpaired) electrons. The molecule has 0 bridgehead atoms. The molecule has 0 spiro atoms. The first-order chi connectivity index (χ1) is 17.9. The molecule has 0 aliphatic rings. The molecule has 204 valence electrons. The highest BCUT2D eigenvalue weighted by Crippen LogP contribution is 2.19. The summed E-state index contributed by atoms with van der Waals surface area (Å²) in [6.07, 6.45) is -5.35. The van der Waals surface area contributed by atoms with E-state index in [1.807, 2.05) is 42.5 Å². The molecule has 2 atom stereocenters. The van der Waals surface area contributed by atoms with Gasteiger partial charge in [0.25, 0.3) is 0 Å². The minimum absolute atomic E-state index is 0.0689. The molecule has 0 aliphatic heterocycles. The second-order valence-corrected chi connectivity index (χ2v) is 9.91. The van der Waals surface area contributed by atoms with E-state index in [-0.39, 0.29) is 19.5 Å². The summed E-state index contributed by atoms with van der Waals surface area (Å²) in [4.78, 5) is 16.8. The Labute approximate surface area is 220 Å². The summed E-state index contributed by atoms with van der Waals surface area (Å²) in [5.41, 5.74) is 4.86. The van der Waals surface area contributed by atoms with Gasteiger partial charge in [0.15, 0.2) is 0 Å². The molecule has 38 heavy (non-hydrogen) atoms. The second-order valence-electron chi connectivity index (χ2n) is 9.91. The normalized spacial score (nSPS) is 13.7. The summed E-state index contributed by atoms with van der Waals surface area (Å²) in [6.45, 7) is 4.92. The predicted molar refractivity (Wildman–Crippen MR) is 139 cm³/mol. The third-order valence-electron chi connectivity index (χ3n) is 5.46. The molecule has 0 saturated heterocycles. The number of aromatic nitrogens is 1. The van der Waals surface area contributed by atoms with Gasteiger partial charge in [0.1, 0.15) is 5.60 Å². The van der Waals surface area contributed by atoms with Crippen LogP contribution in [0.25, 0.3) is 11.3 Å². The third-order valence-corrected chi connectivity index (χ3v) is 5.46. The van der Waals surface area contributed by atoms with Crippen molar-refractivity contribution in [3.05, 3.63) is 90.1 Å². The average Bonchev–Trinajstić information content (AvgIpc) is 2.83. The highest BCUT2D eigenvalue weighted by molar-refractivity contribution is 5.67. The van der Waals surface area contributed by atoms with Crippen LogP contribution in [0.15, 0.2) is 79.0 Å². The van der Waals surface area contributed by atoms with E-state index in [1.165, 1.54) is 5.01 Å². The van der Waals surface area contributed by atoms with E-state index in [4.69, 9.17) is 4.74 Å². The number of carbonyl (C=O) groups excluding carboxylic acids is 1. The maximum Gasteiger partial charge on any atom is 0.457 e. The van der Waals surface area contributed by atoms with Crippen LogP contribution in [0.4, 0.5) is 18.0 Å². The van der Waals surface area contributed by atoms with E-state index < -0.39 is 30.1 Å². The summed E-state index contributed by atoms with van der Waals surface area (Å²) in [5, 5.41) is 13.8. The topological polar surface area (TPSA) is 86.7 Å². The summed E-state index contributed by atoms with van der Waals surface area (Å²) in [6, 6.07) is 20.2. The summed E-state index contributed by atoms with van der Waals surface area (Å²) < 4.78 is 45.2. The Hall–Kier alpha value is -3.47. The molecule has 1 aromatic heterocycles. The van der Waals surface area contributed by atoms with E-state index in [0.29, 0.717) is 5.56 Å². The Bertz CT molecular complexity index is 1140. The summed E-state index contributed by atoms with van der Waals surface area (Å²) in [7, 11) is 0. The molecule has 10 heteroatoms. The van der Waals surface area contributed by atoms with Crippen LogP contribution in [0.3, 0.4) is 0 Å². The van der Waals surface area contributed by atoms with Gasteiger partial charge in [0.05, 0.1) is 11.8 Å². The molecule has 0 unspecified atom stereocenters. The molecule has 2 aromatic carbocycles. The number of benzene rings is 2. The van der Waals surface area contributed by atoms with Gasteiger partial charge in [0, 0.05) is 30.9 Å². The van der Waals surface area contributed by atoms with Gasteiger partial charge in [-0.15, -0.1) is 0 Å². The van der Waals surface area contributed by atoms with Crippen LogP contribution in [0.1, 0.15) is 31.9 Å². The smallest absolute Gasteiger partial charge is 0.443 e. The van der Waals surface area contributed by atoms with Crippen LogP contribution in [-0.2, 0) is 17.7 Å². The van der Waals surface area contributed by atoms with E-state index in [9.17, 15) is 23.1 Å². The van der Waals surface area contributed by atoms with Crippen LogP contribution >= 0.6 is 0 Å². The van der Waals surface area contributed by atoms with Crippen LogP contribution in [-0.4, -0.2) is 51.8 Å². The molecule has 1 amide bonds. The van der Waals surface area contributed by atoms with Crippen molar-refractivity contribution in [3.8, 4) is 11.3 Å². The van der Waals surface area contributed by atoms with E-state index in [1.54, 1.807) is 62.6 Å². The molecule has 3 rings (SSSR count). The van der Waals surface area contributed by atoms with E-state index in [0.717, 1.165) is 16.8 Å². The number of hydrogen-bond donors (Lipinski definition) is 3. The first kappa shape index (κ1) is 29.1. The van der Waals surface area contributed by atoms with Crippen molar-refractivity contribution < 1.29 is 27.8 Å². The number of ether oxygens (including phenoxy) is 1. The van der Waals surface area contributed by atoms with Gasteiger partial charge in [-0.25, -0.2) is 15.1 Å². The zero-order valence-electron chi connectivity index (χ0n) is 21.6. The monoisotopic (exact) mass is 530 g/mol. The van der Waals surface area contributed by atoms with Gasteiger partial charge in [-0.1, -0.05) is 60.7 Å². The average molecular weight is 531 g/mol. The van der Waals surface area contributed by atoms with Crippen molar-refractivity contribution in [1.82, 2.24) is 20.7 Å². The number of halogens is 3. The number of alkyl halides is 3. The number of hydrazine groups is 1. The SMILES string of the molecule is CC(C)(C)OC(=O)NN(Cc1ccc(-c2ccccn2)cc1)C[C@H](O)[C@H](Cc1ccccc1)NC(F)(F)F. The molecule has 0 saturated carbocycles. The molecule has 1 heterocycles. The van der Waals surface area contributed by atoms with Gasteiger partial charge in [-0.3, -0.25) is 10.4 Å². The number of rotatable bonds is 10. The lowest BCUT2D eigenvalue weighted by Gasteiger charge is -2.31. The number of amides is 1. The van der Waals surface area contributed by atoms with Gasteiger partial charge in [0.2, 0.25) is 0 Å². The van der Waals surface area contributed by atoms with Gasteiger partial charge in [-0.2, -0.15) is 13.2 Å². The van der Waals surface area contributed by atoms with Gasteiger partial charge < -0.3 is 9.84 Å². The highest BCUT2D eigenvalue weighted by atomic mass is 19.4. The molecule has 3 aromatic rings. The Balaban J connectivity index is 1.78. The first-order valence-electron chi connectivity index (χ1n) is 12.2. The quantitative estimate of drug-likeness (QED) is 0.251. The summed E-state index contributed by atoms with van der Waals surface area (Å²) >= 11 is 0. The Kier molecular flexibility index (Phi) is 9.84. The van der Waals surface area contributed by atoms with Crippen LogP contribution in [0.5, 0.6) is 0 Å². The highest BCUT2D eigenvalue weighted by Gasteiger charge is 2.35. The zero-order valence-corrected chi connectivity index (χ0v) is 21.6. The number of nitrogens with one attached hydrogen (secondary N) is 2. The molecule has 7 nitrogen and oxygen atoms in total. The molecular weight excluding hydrogens is 497 g/mol. The molecule has 0 aliphatic carbocycles. The maximum atomic E-state index is 13.3. The number of pyridine rings is 1. The standard InChI is InChI=1S/C28H33F3N4O3/c1-27(2,3)38-26(37)34-35(18-21-12-14-22(15-13-21)23-11-7-8-16-32-23)19-25(36)24(33-28(29,30)31)17-20-9-5-4-6-10-20/h4-16,24-25,33,36H,17-19H2,1-3H3,(H,34,37)/t24-,25-/m0/s1. The number of aliphatic hydroxyl groups excluding tert-OH is 1.